The van der Waals surface area contributed by atoms with E-state index in [1.807, 2.05) is 0 Å². The van der Waals surface area contributed by atoms with Crippen LogP contribution in [0.3, 0.4) is 0 Å². The Morgan fingerprint density at radius 3 is 1.43 bits per heavy atom. The predicted octanol–water partition coefficient (Wildman–Crippen LogP) is 11.6. The zero-order valence-corrected chi connectivity index (χ0v) is 29.8. The molecule has 0 aliphatic heterocycles. The van der Waals surface area contributed by atoms with E-state index in [9.17, 15) is 14.7 Å². The lowest BCUT2D eigenvalue weighted by molar-refractivity contribution is -0.161. The molecular formula is C41H70O5. The smallest absolute Gasteiger partial charge is 0.306 e. The van der Waals surface area contributed by atoms with Gasteiger partial charge >= 0.3 is 11.9 Å². The molecule has 0 saturated heterocycles. The van der Waals surface area contributed by atoms with E-state index in [1.54, 1.807) is 0 Å². The van der Waals surface area contributed by atoms with E-state index in [0.717, 1.165) is 51.4 Å². The number of carbonyl (C=O) groups is 2. The van der Waals surface area contributed by atoms with Crippen LogP contribution in [-0.2, 0) is 19.1 Å². The van der Waals surface area contributed by atoms with Crippen LogP contribution in [0.25, 0.3) is 0 Å². The summed E-state index contributed by atoms with van der Waals surface area (Å²) >= 11 is 0. The maximum atomic E-state index is 12.1. The Kier molecular flexibility index (Phi) is 35.1. The molecule has 0 aromatic carbocycles. The van der Waals surface area contributed by atoms with Gasteiger partial charge in [0.05, 0.1) is 6.61 Å². The number of hydrogen-bond donors (Lipinski definition) is 1. The lowest BCUT2D eigenvalue weighted by atomic mass is 10.1. The van der Waals surface area contributed by atoms with E-state index >= 15 is 0 Å². The van der Waals surface area contributed by atoms with Crippen LogP contribution in [-0.4, -0.2) is 36.4 Å². The van der Waals surface area contributed by atoms with Crippen LogP contribution in [0.1, 0.15) is 168 Å². The molecule has 0 bridgehead atoms. The van der Waals surface area contributed by atoms with Crippen molar-refractivity contribution < 1.29 is 24.2 Å². The quantitative estimate of drug-likeness (QED) is 0.0438. The van der Waals surface area contributed by atoms with E-state index < -0.39 is 6.10 Å². The SMILES string of the molecule is CCCCC/C=C\C/C=C\C/C=C\C/C=C\CCCC(=O)OC[C@H](CO)OC(=O)CCCCCCC/C=C\CCCCCCCC. The minimum absolute atomic E-state index is 0.0994. The summed E-state index contributed by atoms with van der Waals surface area (Å²) in [5.41, 5.74) is 0. The minimum Gasteiger partial charge on any atom is -0.462 e. The number of ether oxygens (including phenoxy) is 2. The Labute approximate surface area is 283 Å². The maximum absolute atomic E-state index is 12.1. The van der Waals surface area contributed by atoms with Gasteiger partial charge in [-0.15, -0.1) is 0 Å². The van der Waals surface area contributed by atoms with Crippen LogP contribution < -0.4 is 0 Å². The number of rotatable bonds is 33. The average molecular weight is 643 g/mol. The van der Waals surface area contributed by atoms with E-state index in [2.05, 4.69) is 74.6 Å². The first-order valence-electron chi connectivity index (χ1n) is 18.8. The summed E-state index contributed by atoms with van der Waals surface area (Å²) in [6, 6.07) is 0. The molecular weight excluding hydrogens is 572 g/mol. The number of allylic oxidation sites excluding steroid dienone is 10. The van der Waals surface area contributed by atoms with Crippen molar-refractivity contribution in [3.63, 3.8) is 0 Å². The standard InChI is InChI=1S/C41H70O5/c1-3-5-7-9-11-13-15-17-19-20-22-23-25-27-29-31-33-35-40(43)45-38-39(37-42)46-41(44)36-34-32-30-28-26-24-21-18-16-14-12-10-8-6-4-2/h11,13,17-19,21-23,27,29,39,42H,3-10,12,14-16,20,24-26,28,30-38H2,1-2H3/b13-11-,19-17-,21-18-,23-22-,29-27-/t39-/m0/s1. The first kappa shape index (κ1) is 43.6. The first-order chi connectivity index (χ1) is 22.6. The molecule has 0 amide bonds. The highest BCUT2D eigenvalue weighted by Gasteiger charge is 2.16. The van der Waals surface area contributed by atoms with E-state index in [1.165, 1.54) is 83.5 Å². The highest BCUT2D eigenvalue weighted by atomic mass is 16.6. The highest BCUT2D eigenvalue weighted by molar-refractivity contribution is 5.70. The van der Waals surface area contributed by atoms with Gasteiger partial charge in [0.25, 0.3) is 0 Å². The normalized spacial score (nSPS) is 12.8. The van der Waals surface area contributed by atoms with Crippen molar-refractivity contribution in [3.05, 3.63) is 60.8 Å². The van der Waals surface area contributed by atoms with Gasteiger partial charge in [-0.2, -0.15) is 0 Å². The van der Waals surface area contributed by atoms with Gasteiger partial charge in [0.15, 0.2) is 6.10 Å². The maximum Gasteiger partial charge on any atom is 0.306 e. The second-order valence-electron chi connectivity index (χ2n) is 12.3. The Hall–Kier alpha value is -2.40. The van der Waals surface area contributed by atoms with Crippen molar-refractivity contribution in [2.45, 2.75) is 174 Å². The van der Waals surface area contributed by atoms with Crippen LogP contribution in [0.15, 0.2) is 60.8 Å². The minimum atomic E-state index is -0.798. The van der Waals surface area contributed by atoms with Crippen LogP contribution in [0.4, 0.5) is 0 Å². The van der Waals surface area contributed by atoms with Crippen molar-refractivity contribution in [1.29, 1.82) is 0 Å². The van der Waals surface area contributed by atoms with Crippen LogP contribution in [0.2, 0.25) is 0 Å². The van der Waals surface area contributed by atoms with Gasteiger partial charge < -0.3 is 14.6 Å². The number of unbranched alkanes of at least 4 members (excludes halogenated alkanes) is 15. The summed E-state index contributed by atoms with van der Waals surface area (Å²) in [5.74, 6) is -0.670. The Bertz CT molecular complexity index is 823. The monoisotopic (exact) mass is 643 g/mol. The predicted molar refractivity (Wildman–Crippen MR) is 196 cm³/mol. The zero-order valence-electron chi connectivity index (χ0n) is 29.8. The van der Waals surface area contributed by atoms with Gasteiger partial charge in [0.1, 0.15) is 6.61 Å². The summed E-state index contributed by atoms with van der Waals surface area (Å²) in [4.78, 5) is 24.2. The third-order valence-corrected chi connectivity index (χ3v) is 7.78. The van der Waals surface area contributed by atoms with Crippen LogP contribution in [0.5, 0.6) is 0 Å². The summed E-state index contributed by atoms with van der Waals surface area (Å²) in [7, 11) is 0. The molecule has 0 rings (SSSR count). The molecule has 46 heavy (non-hydrogen) atoms. The Morgan fingerprint density at radius 1 is 0.500 bits per heavy atom. The van der Waals surface area contributed by atoms with Gasteiger partial charge in [0.2, 0.25) is 0 Å². The molecule has 0 heterocycles. The van der Waals surface area contributed by atoms with Gasteiger partial charge in [-0.25, -0.2) is 0 Å². The molecule has 5 nitrogen and oxygen atoms in total. The molecule has 0 aliphatic rings. The van der Waals surface area contributed by atoms with E-state index in [-0.39, 0.29) is 25.2 Å². The molecule has 0 aliphatic carbocycles. The van der Waals surface area contributed by atoms with Crippen molar-refractivity contribution in [2.75, 3.05) is 13.2 Å². The second-order valence-corrected chi connectivity index (χ2v) is 12.3. The molecule has 1 N–H and O–H groups in total. The number of hydrogen-bond acceptors (Lipinski definition) is 5. The van der Waals surface area contributed by atoms with E-state index in [4.69, 9.17) is 9.47 Å². The van der Waals surface area contributed by atoms with Gasteiger partial charge in [-0.05, 0) is 77.0 Å². The zero-order chi connectivity index (χ0) is 33.6. The third kappa shape index (κ3) is 34.5. The lowest BCUT2D eigenvalue weighted by Gasteiger charge is -2.15. The average Bonchev–Trinajstić information content (AvgIpc) is 3.06. The molecule has 5 heteroatoms. The topological polar surface area (TPSA) is 72.8 Å². The third-order valence-electron chi connectivity index (χ3n) is 7.78. The van der Waals surface area contributed by atoms with Crippen molar-refractivity contribution in [2.24, 2.45) is 0 Å². The summed E-state index contributed by atoms with van der Waals surface area (Å²) in [6.45, 7) is 4.03. The molecule has 0 aromatic rings. The molecule has 0 fully saturated rings. The largest absolute Gasteiger partial charge is 0.462 e. The van der Waals surface area contributed by atoms with Gasteiger partial charge in [0, 0.05) is 12.8 Å². The Balaban J connectivity index is 3.70. The lowest BCUT2D eigenvalue weighted by Crippen LogP contribution is -2.28. The molecule has 1 atom stereocenters. The van der Waals surface area contributed by atoms with Crippen LogP contribution >= 0.6 is 0 Å². The van der Waals surface area contributed by atoms with Crippen LogP contribution in [0, 0.1) is 0 Å². The summed E-state index contributed by atoms with van der Waals surface area (Å²) in [5, 5.41) is 9.53. The van der Waals surface area contributed by atoms with E-state index in [0.29, 0.717) is 19.3 Å². The molecule has 0 radical (unpaired) electrons. The molecule has 264 valence electrons. The van der Waals surface area contributed by atoms with Gasteiger partial charge in [-0.3, -0.25) is 9.59 Å². The fourth-order valence-electron chi connectivity index (χ4n) is 4.89. The highest BCUT2D eigenvalue weighted by Crippen LogP contribution is 2.11. The number of esters is 2. The number of aliphatic hydroxyl groups excluding tert-OH is 1. The second kappa shape index (κ2) is 37.1. The first-order valence-corrected chi connectivity index (χ1v) is 18.8. The Morgan fingerprint density at radius 2 is 0.891 bits per heavy atom. The van der Waals surface area contributed by atoms with Crippen molar-refractivity contribution in [3.8, 4) is 0 Å². The molecule has 0 unspecified atom stereocenters. The molecule has 0 spiro atoms. The summed E-state index contributed by atoms with van der Waals surface area (Å²) in [6.07, 6.45) is 47.1. The fourth-order valence-corrected chi connectivity index (χ4v) is 4.89. The molecule has 0 aromatic heterocycles. The molecule has 0 saturated carbocycles. The number of aliphatic hydroxyl groups is 1. The summed E-state index contributed by atoms with van der Waals surface area (Å²) < 4.78 is 10.5. The van der Waals surface area contributed by atoms with Crippen molar-refractivity contribution in [1.82, 2.24) is 0 Å². The number of carbonyl (C=O) groups excluding carboxylic acids is 2. The fraction of sp³-hybridized carbons (Fsp3) is 0.707. The van der Waals surface area contributed by atoms with Gasteiger partial charge in [-0.1, -0.05) is 139 Å². The van der Waals surface area contributed by atoms with Crippen molar-refractivity contribution >= 4 is 11.9 Å².